The number of rotatable bonds is 7. The van der Waals surface area contributed by atoms with Crippen LogP contribution in [0.1, 0.15) is 49.5 Å². The standard InChI is InChI=1S/C16H25NO2/c1-4-5-13-6-8-14(9-7-13)16(19)17-15(10-11-18)12(2)3/h6-9,12,15,18H,4-5,10-11H2,1-3H3,(H,17,19). The van der Waals surface area contributed by atoms with Crippen molar-refractivity contribution in [3.05, 3.63) is 35.4 Å². The van der Waals surface area contributed by atoms with Gasteiger partial charge in [-0.25, -0.2) is 0 Å². The maximum absolute atomic E-state index is 12.1. The lowest BCUT2D eigenvalue weighted by atomic mass is 10.0. The summed E-state index contributed by atoms with van der Waals surface area (Å²) in [6.07, 6.45) is 2.75. The van der Waals surface area contributed by atoms with E-state index in [1.807, 2.05) is 38.1 Å². The van der Waals surface area contributed by atoms with Crippen LogP contribution in [0, 0.1) is 5.92 Å². The summed E-state index contributed by atoms with van der Waals surface area (Å²) >= 11 is 0. The third-order valence-electron chi connectivity index (χ3n) is 3.32. The van der Waals surface area contributed by atoms with Gasteiger partial charge in [-0.3, -0.25) is 4.79 Å². The lowest BCUT2D eigenvalue weighted by molar-refractivity contribution is 0.0916. The predicted octanol–water partition coefficient (Wildman–Crippen LogP) is 2.78. The highest BCUT2D eigenvalue weighted by Gasteiger charge is 2.16. The smallest absolute Gasteiger partial charge is 0.251 e. The van der Waals surface area contributed by atoms with Gasteiger partial charge >= 0.3 is 0 Å². The first-order chi connectivity index (χ1) is 9.08. The van der Waals surface area contributed by atoms with Crippen LogP contribution in [0.15, 0.2) is 24.3 Å². The molecule has 0 heterocycles. The molecule has 0 spiro atoms. The molecule has 0 saturated heterocycles. The molecule has 2 N–H and O–H groups in total. The van der Waals surface area contributed by atoms with Crippen LogP contribution < -0.4 is 5.32 Å². The highest BCUT2D eigenvalue weighted by molar-refractivity contribution is 5.94. The fourth-order valence-electron chi connectivity index (χ4n) is 2.07. The molecule has 0 aromatic heterocycles. The van der Waals surface area contributed by atoms with Crippen molar-refractivity contribution >= 4 is 5.91 Å². The second kappa shape index (κ2) is 7.95. The van der Waals surface area contributed by atoms with Crippen molar-refractivity contribution in [1.29, 1.82) is 0 Å². The van der Waals surface area contributed by atoms with Gasteiger partial charge in [0.05, 0.1) is 0 Å². The Labute approximate surface area is 116 Å². The maximum atomic E-state index is 12.1. The molecule has 1 aromatic carbocycles. The molecule has 0 saturated carbocycles. The molecule has 1 amide bonds. The van der Waals surface area contributed by atoms with E-state index >= 15 is 0 Å². The van der Waals surface area contributed by atoms with Gasteiger partial charge in [-0.2, -0.15) is 0 Å². The predicted molar refractivity (Wildman–Crippen MR) is 78.2 cm³/mol. The summed E-state index contributed by atoms with van der Waals surface area (Å²) in [5.41, 5.74) is 1.94. The van der Waals surface area contributed by atoms with Crippen LogP contribution in [-0.2, 0) is 6.42 Å². The van der Waals surface area contributed by atoms with E-state index in [0.717, 1.165) is 12.8 Å². The molecular weight excluding hydrogens is 238 g/mol. The number of carbonyl (C=O) groups is 1. The molecule has 106 valence electrons. The van der Waals surface area contributed by atoms with E-state index in [1.54, 1.807) is 0 Å². The van der Waals surface area contributed by atoms with Crippen LogP contribution in [0.5, 0.6) is 0 Å². The zero-order valence-electron chi connectivity index (χ0n) is 12.1. The van der Waals surface area contributed by atoms with E-state index in [9.17, 15) is 4.79 Å². The minimum absolute atomic E-state index is 0.0211. The van der Waals surface area contributed by atoms with Gasteiger partial charge in [0.25, 0.3) is 5.91 Å². The van der Waals surface area contributed by atoms with E-state index in [1.165, 1.54) is 5.56 Å². The van der Waals surface area contributed by atoms with E-state index in [-0.39, 0.29) is 18.6 Å². The van der Waals surface area contributed by atoms with E-state index in [0.29, 0.717) is 17.9 Å². The first-order valence-corrected chi connectivity index (χ1v) is 7.09. The number of amides is 1. The number of nitrogens with one attached hydrogen (secondary N) is 1. The second-order valence-electron chi connectivity index (χ2n) is 5.28. The van der Waals surface area contributed by atoms with Crippen molar-refractivity contribution in [1.82, 2.24) is 5.32 Å². The van der Waals surface area contributed by atoms with Gasteiger partial charge < -0.3 is 10.4 Å². The SMILES string of the molecule is CCCc1ccc(C(=O)NC(CCO)C(C)C)cc1. The van der Waals surface area contributed by atoms with Crippen molar-refractivity contribution in [3.8, 4) is 0 Å². The zero-order valence-corrected chi connectivity index (χ0v) is 12.1. The molecule has 0 bridgehead atoms. The van der Waals surface area contributed by atoms with Gasteiger partial charge in [0.1, 0.15) is 0 Å². The van der Waals surface area contributed by atoms with Crippen molar-refractivity contribution in [2.75, 3.05) is 6.61 Å². The van der Waals surface area contributed by atoms with Crippen molar-refractivity contribution in [3.63, 3.8) is 0 Å². The number of aryl methyl sites for hydroxylation is 1. The molecule has 3 nitrogen and oxygen atoms in total. The fraction of sp³-hybridized carbons (Fsp3) is 0.562. The molecule has 3 heteroatoms. The van der Waals surface area contributed by atoms with E-state index in [4.69, 9.17) is 5.11 Å². The Morgan fingerprint density at radius 2 is 1.89 bits per heavy atom. The van der Waals surface area contributed by atoms with Crippen molar-refractivity contribution in [2.45, 2.75) is 46.1 Å². The molecule has 0 aliphatic carbocycles. The van der Waals surface area contributed by atoms with Crippen LogP contribution in [0.2, 0.25) is 0 Å². The summed E-state index contributed by atoms with van der Waals surface area (Å²) in [6.45, 7) is 6.33. The molecule has 0 radical (unpaired) electrons. The first-order valence-electron chi connectivity index (χ1n) is 7.09. The Morgan fingerprint density at radius 1 is 1.26 bits per heavy atom. The lowest BCUT2D eigenvalue weighted by Crippen LogP contribution is -2.39. The molecule has 0 fully saturated rings. The van der Waals surface area contributed by atoms with Crippen LogP contribution in [0.4, 0.5) is 0 Å². The van der Waals surface area contributed by atoms with E-state index in [2.05, 4.69) is 12.2 Å². The van der Waals surface area contributed by atoms with Gasteiger partial charge in [-0.05, 0) is 36.5 Å². The highest BCUT2D eigenvalue weighted by atomic mass is 16.3. The molecule has 0 aliphatic heterocycles. The minimum atomic E-state index is -0.0600. The number of aliphatic hydroxyl groups excluding tert-OH is 1. The summed E-state index contributed by atoms with van der Waals surface area (Å²) in [6, 6.07) is 7.78. The van der Waals surface area contributed by atoms with Gasteiger partial charge in [-0.15, -0.1) is 0 Å². The van der Waals surface area contributed by atoms with Crippen LogP contribution in [0.25, 0.3) is 0 Å². The monoisotopic (exact) mass is 263 g/mol. The topological polar surface area (TPSA) is 49.3 Å². The normalized spacial score (nSPS) is 12.5. The van der Waals surface area contributed by atoms with Crippen LogP contribution in [-0.4, -0.2) is 23.7 Å². The number of benzene rings is 1. The molecule has 0 aliphatic rings. The Morgan fingerprint density at radius 3 is 2.37 bits per heavy atom. The van der Waals surface area contributed by atoms with Gasteiger partial charge in [0.2, 0.25) is 0 Å². The average Bonchev–Trinajstić information content (AvgIpc) is 2.39. The number of hydrogen-bond acceptors (Lipinski definition) is 2. The van der Waals surface area contributed by atoms with Gasteiger partial charge in [-0.1, -0.05) is 39.3 Å². The molecule has 1 unspecified atom stereocenters. The summed E-state index contributed by atoms with van der Waals surface area (Å²) in [4.78, 5) is 12.1. The summed E-state index contributed by atoms with van der Waals surface area (Å²) in [7, 11) is 0. The fourth-order valence-corrected chi connectivity index (χ4v) is 2.07. The molecule has 1 atom stereocenters. The van der Waals surface area contributed by atoms with E-state index < -0.39 is 0 Å². The third kappa shape index (κ3) is 5.03. The Bertz CT molecular complexity index is 384. The van der Waals surface area contributed by atoms with Crippen molar-refractivity contribution in [2.24, 2.45) is 5.92 Å². The molecule has 1 rings (SSSR count). The van der Waals surface area contributed by atoms with Crippen LogP contribution in [0.3, 0.4) is 0 Å². The molecular formula is C16H25NO2. The molecule has 19 heavy (non-hydrogen) atoms. The Kier molecular flexibility index (Phi) is 6.57. The largest absolute Gasteiger partial charge is 0.396 e. The summed E-state index contributed by atoms with van der Waals surface area (Å²) < 4.78 is 0. The third-order valence-corrected chi connectivity index (χ3v) is 3.32. The Hall–Kier alpha value is -1.35. The summed E-state index contributed by atoms with van der Waals surface area (Å²) in [5.74, 6) is 0.255. The first kappa shape index (κ1) is 15.7. The summed E-state index contributed by atoms with van der Waals surface area (Å²) in [5, 5.41) is 12.0. The number of aliphatic hydroxyl groups is 1. The zero-order chi connectivity index (χ0) is 14.3. The van der Waals surface area contributed by atoms with Crippen LogP contribution >= 0.6 is 0 Å². The quantitative estimate of drug-likeness (QED) is 0.794. The number of carbonyl (C=O) groups excluding carboxylic acids is 1. The Balaban J connectivity index is 2.66. The maximum Gasteiger partial charge on any atom is 0.251 e. The van der Waals surface area contributed by atoms with Gasteiger partial charge in [0, 0.05) is 18.2 Å². The number of hydrogen-bond donors (Lipinski definition) is 2. The van der Waals surface area contributed by atoms with Crippen molar-refractivity contribution < 1.29 is 9.90 Å². The highest BCUT2D eigenvalue weighted by Crippen LogP contribution is 2.10. The van der Waals surface area contributed by atoms with Gasteiger partial charge in [0.15, 0.2) is 0 Å². The average molecular weight is 263 g/mol. The minimum Gasteiger partial charge on any atom is -0.396 e. The second-order valence-corrected chi connectivity index (χ2v) is 5.28. The lowest BCUT2D eigenvalue weighted by Gasteiger charge is -2.21. The molecule has 1 aromatic rings.